The first-order chi connectivity index (χ1) is 14.0. The van der Waals surface area contributed by atoms with Crippen LogP contribution in [0.25, 0.3) is 0 Å². The molecule has 0 radical (unpaired) electrons. The fourth-order valence-electron chi connectivity index (χ4n) is 2.52. The van der Waals surface area contributed by atoms with E-state index in [0.29, 0.717) is 10.0 Å². The molecule has 0 aliphatic rings. The lowest BCUT2D eigenvalue weighted by Crippen LogP contribution is -2.28. The Bertz CT molecular complexity index is 971. The third kappa shape index (κ3) is 6.53. The second-order valence-corrected chi connectivity index (χ2v) is 8.22. The van der Waals surface area contributed by atoms with E-state index in [1.54, 1.807) is 39.0 Å². The second-order valence-electron chi connectivity index (χ2n) is 7.30. The quantitative estimate of drug-likeness (QED) is 0.438. The number of methoxy groups -OCH3 is 1. The van der Waals surface area contributed by atoms with E-state index < -0.39 is 22.5 Å². The van der Waals surface area contributed by atoms with Crippen LogP contribution < -0.4 is 10.6 Å². The van der Waals surface area contributed by atoms with Gasteiger partial charge in [-0.2, -0.15) is 0 Å². The van der Waals surface area contributed by atoms with Crippen molar-refractivity contribution in [3.63, 3.8) is 0 Å². The van der Waals surface area contributed by atoms with Gasteiger partial charge in [0.2, 0.25) is 0 Å². The van der Waals surface area contributed by atoms with Gasteiger partial charge in [-0.3, -0.25) is 20.2 Å². The van der Waals surface area contributed by atoms with Crippen molar-refractivity contribution in [2.24, 2.45) is 0 Å². The smallest absolute Gasteiger partial charge is 0.412 e. The first kappa shape index (κ1) is 23.3. The molecule has 9 nitrogen and oxygen atoms in total. The van der Waals surface area contributed by atoms with Crippen molar-refractivity contribution in [3.05, 3.63) is 62.1 Å². The van der Waals surface area contributed by atoms with Crippen molar-refractivity contribution in [1.29, 1.82) is 0 Å². The van der Waals surface area contributed by atoms with Crippen LogP contribution >= 0.6 is 15.9 Å². The van der Waals surface area contributed by atoms with Crippen LogP contribution in [0.15, 0.2) is 40.9 Å². The Morgan fingerprint density at radius 3 is 2.43 bits per heavy atom. The predicted octanol–water partition coefficient (Wildman–Crippen LogP) is 5.10. The van der Waals surface area contributed by atoms with Gasteiger partial charge in [0.25, 0.3) is 11.6 Å². The Balaban J connectivity index is 2.28. The molecule has 0 fully saturated rings. The maximum absolute atomic E-state index is 12.8. The molecule has 2 N–H and O–H groups in total. The summed E-state index contributed by atoms with van der Waals surface area (Å²) in [5.74, 6) is -0.553. The largest absolute Gasteiger partial charge is 0.444 e. The molecule has 2 aromatic carbocycles. The van der Waals surface area contributed by atoms with E-state index >= 15 is 0 Å². The standard InChI is InChI=1S/C20H22BrN3O6/c1-20(2,3)30-19(26)23-16-9-13(21)6-8-15(16)18(25)22-14-7-5-12(11-29-4)17(10-14)24(27)28/h5-10H,11H2,1-4H3,(H,22,25)(H,23,26). The summed E-state index contributed by atoms with van der Waals surface area (Å²) in [7, 11) is 1.44. The zero-order chi connectivity index (χ0) is 22.5. The molecule has 0 bridgehead atoms. The van der Waals surface area contributed by atoms with Crippen LogP contribution in [0.5, 0.6) is 0 Å². The van der Waals surface area contributed by atoms with Crippen LogP contribution in [0, 0.1) is 10.1 Å². The molecule has 0 aliphatic carbocycles. The molecular weight excluding hydrogens is 458 g/mol. The van der Waals surface area contributed by atoms with Crippen LogP contribution in [0.3, 0.4) is 0 Å². The summed E-state index contributed by atoms with van der Waals surface area (Å²) in [5, 5.41) is 16.5. The number of nitrogens with one attached hydrogen (secondary N) is 2. The molecule has 2 amide bonds. The summed E-state index contributed by atoms with van der Waals surface area (Å²) < 4.78 is 10.8. The molecule has 0 heterocycles. The van der Waals surface area contributed by atoms with Crippen molar-refractivity contribution in [1.82, 2.24) is 0 Å². The zero-order valence-corrected chi connectivity index (χ0v) is 18.5. The number of nitrogens with zero attached hydrogens (tertiary/aromatic N) is 1. The third-order valence-electron chi connectivity index (χ3n) is 3.70. The molecule has 0 atom stereocenters. The molecule has 0 unspecified atom stereocenters. The molecule has 0 aliphatic heterocycles. The van der Waals surface area contributed by atoms with Gasteiger partial charge in [0.05, 0.1) is 28.3 Å². The van der Waals surface area contributed by atoms with Gasteiger partial charge in [0.1, 0.15) is 5.60 Å². The molecule has 10 heteroatoms. The Labute approximate surface area is 182 Å². The van der Waals surface area contributed by atoms with Gasteiger partial charge in [0, 0.05) is 23.3 Å². The van der Waals surface area contributed by atoms with Gasteiger partial charge in [-0.1, -0.05) is 15.9 Å². The number of amides is 2. The number of halogens is 1. The van der Waals surface area contributed by atoms with E-state index in [2.05, 4.69) is 26.6 Å². The van der Waals surface area contributed by atoms with E-state index in [4.69, 9.17) is 9.47 Å². The average molecular weight is 480 g/mol. The van der Waals surface area contributed by atoms with Crippen LogP contribution in [0.4, 0.5) is 21.9 Å². The van der Waals surface area contributed by atoms with Gasteiger partial charge in [-0.05, 0) is 51.1 Å². The SMILES string of the molecule is COCc1ccc(NC(=O)c2ccc(Br)cc2NC(=O)OC(C)(C)C)cc1[N+](=O)[O-]. The molecule has 0 saturated heterocycles. The van der Waals surface area contributed by atoms with Crippen molar-refractivity contribution >= 4 is 45.0 Å². The van der Waals surface area contributed by atoms with Crippen LogP contribution in [0.2, 0.25) is 0 Å². The monoisotopic (exact) mass is 479 g/mol. The van der Waals surface area contributed by atoms with Gasteiger partial charge in [0.15, 0.2) is 0 Å². The highest BCUT2D eigenvalue weighted by molar-refractivity contribution is 9.10. The summed E-state index contributed by atoms with van der Waals surface area (Å²) in [6.07, 6.45) is -0.714. The minimum atomic E-state index is -0.714. The Morgan fingerprint density at radius 2 is 1.83 bits per heavy atom. The normalized spacial score (nSPS) is 11.0. The summed E-state index contributed by atoms with van der Waals surface area (Å²) in [5.41, 5.74) is 0.127. The number of ether oxygens (including phenoxy) is 2. The van der Waals surface area contributed by atoms with Crippen LogP contribution in [-0.4, -0.2) is 29.6 Å². The highest BCUT2D eigenvalue weighted by Crippen LogP contribution is 2.27. The number of hydrogen-bond acceptors (Lipinski definition) is 6. The molecular formula is C20H22BrN3O6. The Hall–Kier alpha value is -2.98. The second kappa shape index (κ2) is 9.68. The number of carbonyl (C=O) groups is 2. The lowest BCUT2D eigenvalue weighted by molar-refractivity contribution is -0.385. The van der Waals surface area contributed by atoms with Gasteiger partial charge in [-0.15, -0.1) is 0 Å². The first-order valence-electron chi connectivity index (χ1n) is 8.87. The summed E-state index contributed by atoms with van der Waals surface area (Å²) in [4.78, 5) is 35.7. The minimum absolute atomic E-state index is 0.0706. The molecule has 0 spiro atoms. The Kier molecular flexibility index (Phi) is 7.52. The van der Waals surface area contributed by atoms with E-state index in [1.165, 1.54) is 25.3 Å². The van der Waals surface area contributed by atoms with E-state index in [1.807, 2.05) is 0 Å². The van der Waals surface area contributed by atoms with Crippen LogP contribution in [0.1, 0.15) is 36.7 Å². The summed E-state index contributed by atoms with van der Waals surface area (Å²) in [6.45, 7) is 5.24. The van der Waals surface area contributed by atoms with E-state index in [9.17, 15) is 19.7 Å². The number of rotatable bonds is 6. The van der Waals surface area contributed by atoms with Crippen molar-refractivity contribution in [2.75, 3.05) is 17.7 Å². The fourth-order valence-corrected chi connectivity index (χ4v) is 2.88. The number of benzene rings is 2. The maximum Gasteiger partial charge on any atom is 0.412 e. The zero-order valence-electron chi connectivity index (χ0n) is 16.9. The van der Waals surface area contributed by atoms with E-state index in [0.717, 1.165) is 0 Å². The van der Waals surface area contributed by atoms with Crippen molar-refractivity contribution in [3.8, 4) is 0 Å². The maximum atomic E-state index is 12.8. The fraction of sp³-hybridized carbons (Fsp3) is 0.300. The lowest BCUT2D eigenvalue weighted by atomic mass is 10.1. The molecule has 0 saturated carbocycles. The Morgan fingerprint density at radius 1 is 1.13 bits per heavy atom. The molecule has 2 rings (SSSR count). The number of anilines is 2. The van der Waals surface area contributed by atoms with Crippen LogP contribution in [-0.2, 0) is 16.1 Å². The van der Waals surface area contributed by atoms with Crippen molar-refractivity contribution in [2.45, 2.75) is 33.0 Å². The molecule has 0 aromatic heterocycles. The number of hydrogen-bond donors (Lipinski definition) is 2. The number of nitro groups is 1. The van der Waals surface area contributed by atoms with E-state index in [-0.39, 0.29) is 29.2 Å². The minimum Gasteiger partial charge on any atom is -0.444 e. The van der Waals surface area contributed by atoms with Crippen molar-refractivity contribution < 1.29 is 24.0 Å². The summed E-state index contributed by atoms with van der Waals surface area (Å²) >= 11 is 3.30. The first-order valence-corrected chi connectivity index (χ1v) is 9.66. The summed E-state index contributed by atoms with van der Waals surface area (Å²) in [6, 6.07) is 9.02. The van der Waals surface area contributed by atoms with Gasteiger partial charge < -0.3 is 14.8 Å². The number of nitro benzene ring substituents is 1. The lowest BCUT2D eigenvalue weighted by Gasteiger charge is -2.20. The van der Waals surface area contributed by atoms with Gasteiger partial charge >= 0.3 is 6.09 Å². The molecule has 30 heavy (non-hydrogen) atoms. The molecule has 2 aromatic rings. The topological polar surface area (TPSA) is 120 Å². The predicted molar refractivity (Wildman–Crippen MR) is 116 cm³/mol. The number of carbonyl (C=O) groups excluding carboxylic acids is 2. The molecule has 160 valence electrons. The average Bonchev–Trinajstić information content (AvgIpc) is 2.61. The highest BCUT2D eigenvalue weighted by atomic mass is 79.9. The van der Waals surface area contributed by atoms with Gasteiger partial charge in [-0.25, -0.2) is 4.79 Å². The highest BCUT2D eigenvalue weighted by Gasteiger charge is 2.20. The third-order valence-corrected chi connectivity index (χ3v) is 4.19.